The van der Waals surface area contributed by atoms with Crippen molar-refractivity contribution in [2.75, 3.05) is 0 Å². The monoisotopic (exact) mass is 326 g/mol. The average molecular weight is 326 g/mol. The number of amides is 1. The van der Waals surface area contributed by atoms with Crippen LogP contribution in [-0.2, 0) is 19.4 Å². The molecule has 0 aromatic carbocycles. The van der Waals surface area contributed by atoms with E-state index >= 15 is 0 Å². The van der Waals surface area contributed by atoms with Gasteiger partial charge in [-0.3, -0.25) is 9.78 Å². The molecule has 1 aliphatic rings. The SMILES string of the molecule is O=C(NCc1ccccn1)c1c(-n2cnnn2)sc2c1CCC2. The van der Waals surface area contributed by atoms with Crippen LogP contribution in [0.4, 0.5) is 0 Å². The molecule has 1 N–H and O–H groups in total. The highest BCUT2D eigenvalue weighted by molar-refractivity contribution is 7.15. The van der Waals surface area contributed by atoms with E-state index in [1.54, 1.807) is 22.2 Å². The van der Waals surface area contributed by atoms with Crippen molar-refractivity contribution in [2.45, 2.75) is 25.8 Å². The Morgan fingerprint density at radius 1 is 1.35 bits per heavy atom. The van der Waals surface area contributed by atoms with Gasteiger partial charge in [0.25, 0.3) is 5.91 Å². The Balaban J connectivity index is 1.63. The van der Waals surface area contributed by atoms with E-state index in [1.165, 1.54) is 11.2 Å². The minimum atomic E-state index is -0.0967. The van der Waals surface area contributed by atoms with Crippen LogP contribution in [0.3, 0.4) is 0 Å². The van der Waals surface area contributed by atoms with Crippen LogP contribution in [0.1, 0.15) is 32.9 Å². The molecule has 1 amide bonds. The number of thiophene rings is 1. The third-order valence-electron chi connectivity index (χ3n) is 3.84. The molecule has 3 heterocycles. The second-order valence-corrected chi connectivity index (χ2v) is 6.38. The number of carbonyl (C=O) groups is 1. The molecule has 1 aliphatic carbocycles. The van der Waals surface area contributed by atoms with Crippen LogP contribution in [0.15, 0.2) is 30.7 Å². The van der Waals surface area contributed by atoms with Gasteiger partial charge in [-0.15, -0.1) is 16.4 Å². The fraction of sp³-hybridized carbons (Fsp3) is 0.267. The van der Waals surface area contributed by atoms with Crippen molar-refractivity contribution >= 4 is 17.2 Å². The number of aryl methyl sites for hydroxylation is 1. The van der Waals surface area contributed by atoms with E-state index in [0.29, 0.717) is 12.1 Å². The fourth-order valence-electron chi connectivity index (χ4n) is 2.80. The molecule has 0 saturated heterocycles. The highest BCUT2D eigenvalue weighted by Crippen LogP contribution is 2.37. The minimum Gasteiger partial charge on any atom is -0.346 e. The Morgan fingerprint density at radius 3 is 3.09 bits per heavy atom. The lowest BCUT2D eigenvalue weighted by Gasteiger charge is -2.07. The maximum Gasteiger partial charge on any atom is 0.254 e. The number of rotatable bonds is 4. The highest BCUT2D eigenvalue weighted by atomic mass is 32.1. The maximum absolute atomic E-state index is 12.7. The van der Waals surface area contributed by atoms with Gasteiger partial charge in [-0.1, -0.05) is 6.07 Å². The number of pyridine rings is 1. The number of fused-ring (bicyclic) bond motifs is 1. The average Bonchev–Trinajstić information content (AvgIpc) is 3.29. The maximum atomic E-state index is 12.7. The molecule has 4 rings (SSSR count). The summed E-state index contributed by atoms with van der Waals surface area (Å²) in [6, 6.07) is 5.65. The molecule has 0 saturated carbocycles. The van der Waals surface area contributed by atoms with Gasteiger partial charge in [-0.25, -0.2) is 0 Å². The molecule has 3 aromatic rings. The van der Waals surface area contributed by atoms with Crippen molar-refractivity contribution < 1.29 is 4.79 Å². The summed E-state index contributed by atoms with van der Waals surface area (Å²) in [7, 11) is 0. The van der Waals surface area contributed by atoms with E-state index in [4.69, 9.17) is 0 Å². The molecule has 8 heteroatoms. The first-order valence-corrected chi connectivity index (χ1v) is 8.20. The first-order chi connectivity index (χ1) is 11.3. The molecular weight excluding hydrogens is 312 g/mol. The summed E-state index contributed by atoms with van der Waals surface area (Å²) in [5.74, 6) is -0.0967. The topological polar surface area (TPSA) is 85.6 Å². The van der Waals surface area contributed by atoms with Crippen LogP contribution in [0.25, 0.3) is 5.00 Å². The molecule has 3 aromatic heterocycles. The number of aromatic nitrogens is 5. The zero-order valence-corrected chi connectivity index (χ0v) is 13.1. The molecule has 23 heavy (non-hydrogen) atoms. The number of nitrogens with zero attached hydrogens (tertiary/aromatic N) is 5. The molecule has 0 spiro atoms. The molecule has 0 aliphatic heterocycles. The summed E-state index contributed by atoms with van der Waals surface area (Å²) in [4.78, 5) is 18.2. The molecule has 0 atom stereocenters. The van der Waals surface area contributed by atoms with Crippen LogP contribution >= 0.6 is 11.3 Å². The van der Waals surface area contributed by atoms with Crippen molar-refractivity contribution in [2.24, 2.45) is 0 Å². The van der Waals surface area contributed by atoms with E-state index < -0.39 is 0 Å². The van der Waals surface area contributed by atoms with Gasteiger partial charge in [0, 0.05) is 11.1 Å². The van der Waals surface area contributed by atoms with Crippen LogP contribution in [0.2, 0.25) is 0 Å². The van der Waals surface area contributed by atoms with E-state index in [1.807, 2.05) is 18.2 Å². The summed E-state index contributed by atoms with van der Waals surface area (Å²) >= 11 is 1.60. The number of carbonyl (C=O) groups excluding carboxylic acids is 1. The molecule has 0 bridgehead atoms. The molecule has 0 fully saturated rings. The smallest absolute Gasteiger partial charge is 0.254 e. The van der Waals surface area contributed by atoms with E-state index in [-0.39, 0.29) is 5.91 Å². The highest BCUT2D eigenvalue weighted by Gasteiger charge is 2.27. The Morgan fingerprint density at radius 2 is 2.30 bits per heavy atom. The second-order valence-electron chi connectivity index (χ2n) is 5.30. The molecule has 116 valence electrons. The number of hydrogen-bond acceptors (Lipinski definition) is 6. The van der Waals surface area contributed by atoms with Crippen LogP contribution < -0.4 is 5.32 Å². The Labute approximate surface area is 136 Å². The Kier molecular flexibility index (Phi) is 3.58. The normalized spacial score (nSPS) is 13.0. The van der Waals surface area contributed by atoms with Gasteiger partial charge in [-0.05, 0) is 47.4 Å². The van der Waals surface area contributed by atoms with Crippen molar-refractivity contribution in [1.82, 2.24) is 30.5 Å². The summed E-state index contributed by atoms with van der Waals surface area (Å²) in [5.41, 5.74) is 2.67. The van der Waals surface area contributed by atoms with Crippen molar-refractivity contribution in [1.29, 1.82) is 0 Å². The summed E-state index contributed by atoms with van der Waals surface area (Å²) < 4.78 is 1.57. The summed E-state index contributed by atoms with van der Waals surface area (Å²) in [6.07, 6.45) is 6.29. The fourth-order valence-corrected chi connectivity index (χ4v) is 4.10. The van der Waals surface area contributed by atoms with Crippen LogP contribution in [0.5, 0.6) is 0 Å². The standard InChI is InChI=1S/C15H14N6OS/c22-14(17-8-10-4-1-2-7-16-10)13-11-5-3-6-12(11)23-15(13)21-9-18-19-20-21/h1-2,4,7,9H,3,5-6,8H2,(H,17,22). The summed E-state index contributed by atoms with van der Waals surface area (Å²) in [5, 5.41) is 15.0. The second kappa shape index (κ2) is 5.88. The third-order valence-corrected chi connectivity index (χ3v) is 5.12. The predicted molar refractivity (Wildman–Crippen MR) is 84.5 cm³/mol. The Bertz CT molecular complexity index is 827. The third kappa shape index (κ3) is 2.61. The first-order valence-electron chi connectivity index (χ1n) is 7.39. The van der Waals surface area contributed by atoms with Crippen molar-refractivity contribution in [3.05, 3.63) is 52.4 Å². The van der Waals surface area contributed by atoms with Gasteiger partial charge in [-0.2, -0.15) is 4.68 Å². The predicted octanol–water partition coefficient (Wildman–Crippen LogP) is 1.54. The first kappa shape index (κ1) is 14.0. The van der Waals surface area contributed by atoms with E-state index in [2.05, 4.69) is 25.8 Å². The minimum absolute atomic E-state index is 0.0967. The van der Waals surface area contributed by atoms with Crippen LogP contribution in [-0.4, -0.2) is 31.1 Å². The van der Waals surface area contributed by atoms with E-state index in [0.717, 1.165) is 35.5 Å². The molecular formula is C15H14N6OS. The number of nitrogens with one attached hydrogen (secondary N) is 1. The molecule has 0 unspecified atom stereocenters. The summed E-state index contributed by atoms with van der Waals surface area (Å²) in [6.45, 7) is 0.402. The molecule has 0 radical (unpaired) electrons. The lowest BCUT2D eigenvalue weighted by atomic mass is 10.1. The van der Waals surface area contributed by atoms with E-state index in [9.17, 15) is 4.79 Å². The number of tetrazole rings is 1. The van der Waals surface area contributed by atoms with Crippen LogP contribution in [0, 0.1) is 0 Å². The quantitative estimate of drug-likeness (QED) is 0.786. The molecule has 7 nitrogen and oxygen atoms in total. The van der Waals surface area contributed by atoms with Crippen molar-refractivity contribution in [3.8, 4) is 5.00 Å². The number of hydrogen-bond donors (Lipinski definition) is 1. The van der Waals surface area contributed by atoms with Gasteiger partial charge < -0.3 is 5.32 Å². The van der Waals surface area contributed by atoms with Gasteiger partial charge in [0.15, 0.2) is 0 Å². The van der Waals surface area contributed by atoms with Crippen molar-refractivity contribution in [3.63, 3.8) is 0 Å². The van der Waals surface area contributed by atoms with Gasteiger partial charge in [0.1, 0.15) is 11.3 Å². The zero-order valence-electron chi connectivity index (χ0n) is 12.3. The van der Waals surface area contributed by atoms with Gasteiger partial charge in [0.05, 0.1) is 17.8 Å². The largest absolute Gasteiger partial charge is 0.346 e. The lowest BCUT2D eigenvalue weighted by Crippen LogP contribution is -2.25. The lowest BCUT2D eigenvalue weighted by molar-refractivity contribution is 0.0950. The van der Waals surface area contributed by atoms with Gasteiger partial charge in [0.2, 0.25) is 0 Å². The zero-order chi connectivity index (χ0) is 15.6. The van der Waals surface area contributed by atoms with Gasteiger partial charge >= 0.3 is 0 Å². The Hall–Kier alpha value is -2.61.